The predicted octanol–water partition coefficient (Wildman–Crippen LogP) is 4.34. The van der Waals surface area contributed by atoms with Gasteiger partial charge in [-0.05, 0) is 49.3 Å². The van der Waals surface area contributed by atoms with Crippen LogP contribution in [0.5, 0.6) is 0 Å². The van der Waals surface area contributed by atoms with Gasteiger partial charge >= 0.3 is 0 Å². The Hall–Kier alpha value is -1.09. The third kappa shape index (κ3) is 3.97. The lowest BCUT2D eigenvalue weighted by atomic mass is 9.75. The molecule has 1 aliphatic carbocycles. The van der Waals surface area contributed by atoms with Gasteiger partial charge in [0.1, 0.15) is 5.82 Å². The SMILES string of the molecule is CCNCc1cccc(F)c1N(C)C1CCC(C)(C)CC1. The van der Waals surface area contributed by atoms with Crippen molar-refractivity contribution in [3.05, 3.63) is 29.6 Å². The molecular formula is C18H29FN2. The van der Waals surface area contributed by atoms with Gasteiger partial charge in [0.2, 0.25) is 0 Å². The lowest BCUT2D eigenvalue weighted by Crippen LogP contribution is -2.38. The van der Waals surface area contributed by atoms with Crippen molar-refractivity contribution in [2.24, 2.45) is 5.41 Å². The van der Waals surface area contributed by atoms with E-state index in [0.29, 0.717) is 11.5 Å². The maximum absolute atomic E-state index is 14.4. The summed E-state index contributed by atoms with van der Waals surface area (Å²) >= 11 is 0. The van der Waals surface area contributed by atoms with Gasteiger partial charge in [-0.25, -0.2) is 4.39 Å². The van der Waals surface area contributed by atoms with Crippen LogP contribution in [0.15, 0.2) is 18.2 Å². The lowest BCUT2D eigenvalue weighted by molar-refractivity contribution is 0.222. The van der Waals surface area contributed by atoms with Crippen LogP contribution in [-0.4, -0.2) is 19.6 Å². The fraction of sp³-hybridized carbons (Fsp3) is 0.667. The Labute approximate surface area is 128 Å². The third-order valence-electron chi connectivity index (χ3n) is 4.84. The molecule has 1 aliphatic rings. The molecule has 0 aromatic heterocycles. The summed E-state index contributed by atoms with van der Waals surface area (Å²) in [5.41, 5.74) is 2.28. The molecule has 2 rings (SSSR count). The van der Waals surface area contributed by atoms with Gasteiger partial charge in [0.05, 0.1) is 5.69 Å². The van der Waals surface area contributed by atoms with E-state index in [0.717, 1.165) is 37.2 Å². The van der Waals surface area contributed by atoms with E-state index in [-0.39, 0.29) is 5.82 Å². The Morgan fingerprint density at radius 1 is 1.29 bits per heavy atom. The number of hydrogen-bond acceptors (Lipinski definition) is 2. The highest BCUT2D eigenvalue weighted by Gasteiger charge is 2.30. The van der Waals surface area contributed by atoms with E-state index in [2.05, 4.69) is 38.0 Å². The summed E-state index contributed by atoms with van der Waals surface area (Å²) in [5, 5.41) is 3.31. The molecule has 0 bridgehead atoms. The normalized spacial score (nSPS) is 18.7. The molecule has 1 aromatic rings. The molecular weight excluding hydrogens is 263 g/mol. The fourth-order valence-electron chi connectivity index (χ4n) is 3.31. The van der Waals surface area contributed by atoms with Gasteiger partial charge in [-0.2, -0.15) is 0 Å². The van der Waals surface area contributed by atoms with E-state index in [1.807, 2.05) is 12.1 Å². The van der Waals surface area contributed by atoms with Crippen LogP contribution in [0.2, 0.25) is 0 Å². The number of benzene rings is 1. The maximum Gasteiger partial charge on any atom is 0.146 e. The van der Waals surface area contributed by atoms with Crippen molar-refractivity contribution in [1.82, 2.24) is 5.32 Å². The summed E-state index contributed by atoms with van der Waals surface area (Å²) in [7, 11) is 2.05. The Balaban J connectivity index is 2.16. The summed E-state index contributed by atoms with van der Waals surface area (Å²) in [6.07, 6.45) is 4.75. The van der Waals surface area contributed by atoms with Crippen LogP contribution in [0.1, 0.15) is 52.0 Å². The monoisotopic (exact) mass is 292 g/mol. The first-order valence-electron chi connectivity index (χ1n) is 8.15. The molecule has 0 heterocycles. The lowest BCUT2D eigenvalue weighted by Gasteiger charge is -2.40. The average Bonchev–Trinajstić information content (AvgIpc) is 2.44. The molecule has 1 saturated carbocycles. The van der Waals surface area contributed by atoms with E-state index in [9.17, 15) is 4.39 Å². The third-order valence-corrected chi connectivity index (χ3v) is 4.84. The van der Waals surface area contributed by atoms with Gasteiger partial charge in [-0.3, -0.25) is 0 Å². The van der Waals surface area contributed by atoms with E-state index < -0.39 is 0 Å². The molecule has 0 aliphatic heterocycles. The molecule has 1 aromatic carbocycles. The highest BCUT2D eigenvalue weighted by Crippen LogP contribution is 2.38. The van der Waals surface area contributed by atoms with Crippen LogP contribution < -0.4 is 10.2 Å². The molecule has 2 nitrogen and oxygen atoms in total. The fourth-order valence-corrected chi connectivity index (χ4v) is 3.31. The zero-order valence-electron chi connectivity index (χ0n) is 13.9. The van der Waals surface area contributed by atoms with Gasteiger partial charge in [-0.1, -0.05) is 32.9 Å². The molecule has 0 unspecified atom stereocenters. The number of nitrogens with zero attached hydrogens (tertiary/aromatic N) is 1. The van der Waals surface area contributed by atoms with Gasteiger partial charge in [0.15, 0.2) is 0 Å². The summed E-state index contributed by atoms with van der Waals surface area (Å²) in [4.78, 5) is 2.18. The molecule has 3 heteroatoms. The Morgan fingerprint density at radius 2 is 1.95 bits per heavy atom. The van der Waals surface area contributed by atoms with Crippen molar-refractivity contribution < 1.29 is 4.39 Å². The molecule has 118 valence electrons. The largest absolute Gasteiger partial charge is 0.369 e. The first kappa shape index (κ1) is 16.3. The molecule has 0 atom stereocenters. The van der Waals surface area contributed by atoms with Gasteiger partial charge in [0.25, 0.3) is 0 Å². The highest BCUT2D eigenvalue weighted by molar-refractivity contribution is 5.55. The quantitative estimate of drug-likeness (QED) is 0.868. The number of hydrogen-bond donors (Lipinski definition) is 1. The number of anilines is 1. The van der Waals surface area contributed by atoms with Gasteiger partial charge in [-0.15, -0.1) is 0 Å². The summed E-state index contributed by atoms with van der Waals surface area (Å²) < 4.78 is 14.4. The van der Waals surface area contributed by atoms with Gasteiger partial charge < -0.3 is 10.2 Å². The van der Waals surface area contributed by atoms with Crippen molar-refractivity contribution >= 4 is 5.69 Å². The van der Waals surface area contributed by atoms with Crippen molar-refractivity contribution in [2.75, 3.05) is 18.5 Å². The van der Waals surface area contributed by atoms with Crippen molar-refractivity contribution in [3.63, 3.8) is 0 Å². The van der Waals surface area contributed by atoms with Crippen LogP contribution in [-0.2, 0) is 6.54 Å². The highest BCUT2D eigenvalue weighted by atomic mass is 19.1. The van der Waals surface area contributed by atoms with Crippen LogP contribution in [0, 0.1) is 11.2 Å². The zero-order valence-corrected chi connectivity index (χ0v) is 13.9. The number of rotatable bonds is 5. The second-order valence-corrected chi connectivity index (χ2v) is 7.03. The van der Waals surface area contributed by atoms with E-state index in [4.69, 9.17) is 0 Å². The van der Waals surface area contributed by atoms with Crippen LogP contribution in [0.25, 0.3) is 0 Å². The molecule has 0 amide bonds. The van der Waals surface area contributed by atoms with Crippen LogP contribution >= 0.6 is 0 Å². The Bertz CT molecular complexity index is 460. The summed E-state index contributed by atoms with van der Waals surface area (Å²) in [5.74, 6) is -0.0993. The second kappa shape index (κ2) is 6.78. The zero-order chi connectivity index (χ0) is 15.5. The van der Waals surface area contributed by atoms with Crippen molar-refractivity contribution in [1.29, 1.82) is 0 Å². The topological polar surface area (TPSA) is 15.3 Å². The molecule has 1 fully saturated rings. The second-order valence-electron chi connectivity index (χ2n) is 7.03. The minimum Gasteiger partial charge on any atom is -0.369 e. The molecule has 0 saturated heterocycles. The van der Waals surface area contributed by atoms with E-state index in [1.165, 1.54) is 12.8 Å². The first-order chi connectivity index (χ1) is 9.94. The van der Waals surface area contributed by atoms with Crippen LogP contribution in [0.3, 0.4) is 0 Å². The minimum atomic E-state index is -0.0993. The molecule has 0 radical (unpaired) electrons. The van der Waals surface area contributed by atoms with Crippen molar-refractivity contribution in [3.8, 4) is 0 Å². The molecule has 1 N–H and O–H groups in total. The van der Waals surface area contributed by atoms with Crippen LogP contribution in [0.4, 0.5) is 10.1 Å². The first-order valence-corrected chi connectivity index (χ1v) is 8.15. The minimum absolute atomic E-state index is 0.0993. The summed E-state index contributed by atoms with van der Waals surface area (Å²) in [6, 6.07) is 5.87. The predicted molar refractivity (Wildman–Crippen MR) is 88.2 cm³/mol. The smallest absolute Gasteiger partial charge is 0.146 e. The van der Waals surface area contributed by atoms with Gasteiger partial charge in [0, 0.05) is 19.6 Å². The van der Waals surface area contributed by atoms with E-state index >= 15 is 0 Å². The Morgan fingerprint density at radius 3 is 2.57 bits per heavy atom. The van der Waals surface area contributed by atoms with E-state index in [1.54, 1.807) is 6.07 Å². The average molecular weight is 292 g/mol. The Kier molecular flexibility index (Phi) is 5.26. The summed E-state index contributed by atoms with van der Waals surface area (Å²) in [6.45, 7) is 8.38. The number of nitrogens with one attached hydrogen (secondary N) is 1. The standard InChI is InChI=1S/C18H29FN2/c1-5-20-13-14-7-6-8-16(19)17(14)21(4)15-9-11-18(2,3)12-10-15/h6-8,15,20H,5,9-13H2,1-4H3. The number of para-hydroxylation sites is 1. The molecule has 0 spiro atoms. The maximum atomic E-state index is 14.4. The molecule has 21 heavy (non-hydrogen) atoms. The van der Waals surface area contributed by atoms with Crippen molar-refractivity contribution in [2.45, 2.75) is 59.0 Å². The number of halogens is 1.